The second-order valence-corrected chi connectivity index (χ2v) is 8.07. The largest absolute Gasteiger partial charge is 0.380 e. The van der Waals surface area contributed by atoms with Crippen LogP contribution < -0.4 is 5.73 Å². The molecular formula is C21H25F2N3OS. The number of halogens is 2. The van der Waals surface area contributed by atoms with Crippen LogP contribution in [0.4, 0.5) is 8.78 Å². The van der Waals surface area contributed by atoms with E-state index in [1.54, 1.807) is 7.11 Å². The molecule has 0 saturated heterocycles. The van der Waals surface area contributed by atoms with Gasteiger partial charge >= 0.3 is 0 Å². The van der Waals surface area contributed by atoms with E-state index in [0.717, 1.165) is 30.5 Å². The van der Waals surface area contributed by atoms with Crippen molar-refractivity contribution in [3.05, 3.63) is 71.3 Å². The van der Waals surface area contributed by atoms with Gasteiger partial charge in [-0.25, -0.2) is 8.78 Å². The summed E-state index contributed by atoms with van der Waals surface area (Å²) in [6, 6.07) is 13.4. The molecular weight excluding hydrogens is 380 g/mol. The highest BCUT2D eigenvalue weighted by Gasteiger charge is 2.45. The molecule has 0 saturated carbocycles. The number of benzene rings is 2. The second kappa shape index (κ2) is 9.03. The number of methoxy groups -OCH3 is 1. The molecule has 2 aromatic carbocycles. The predicted molar refractivity (Wildman–Crippen MR) is 110 cm³/mol. The first kappa shape index (κ1) is 20.8. The SMILES string of the molecule is CO[C@H](C)CN1N=C(c2cc(F)ccc2F)S[C@@]1(CCCN)c1ccccc1. The number of ether oxygens (including phenoxy) is 1. The van der Waals surface area contributed by atoms with Gasteiger partial charge in [0, 0.05) is 12.7 Å². The first-order chi connectivity index (χ1) is 13.5. The maximum atomic E-state index is 14.5. The molecule has 1 aliphatic rings. The summed E-state index contributed by atoms with van der Waals surface area (Å²) in [7, 11) is 1.65. The molecule has 28 heavy (non-hydrogen) atoms. The molecule has 0 radical (unpaired) electrons. The summed E-state index contributed by atoms with van der Waals surface area (Å²) in [4.78, 5) is -0.554. The third-order valence-corrected chi connectivity index (χ3v) is 6.31. The number of hydrogen-bond acceptors (Lipinski definition) is 5. The van der Waals surface area contributed by atoms with Crippen LogP contribution in [-0.2, 0) is 9.61 Å². The van der Waals surface area contributed by atoms with E-state index in [4.69, 9.17) is 15.6 Å². The van der Waals surface area contributed by atoms with Crippen molar-refractivity contribution in [3.8, 4) is 0 Å². The molecule has 1 heterocycles. The van der Waals surface area contributed by atoms with Crippen LogP contribution in [0.15, 0.2) is 53.6 Å². The lowest BCUT2D eigenvalue weighted by Crippen LogP contribution is -2.41. The third-order valence-electron chi connectivity index (χ3n) is 4.83. The highest BCUT2D eigenvalue weighted by molar-refractivity contribution is 8.15. The van der Waals surface area contributed by atoms with E-state index >= 15 is 0 Å². The molecule has 150 valence electrons. The second-order valence-electron chi connectivity index (χ2n) is 6.80. The van der Waals surface area contributed by atoms with Crippen LogP contribution in [0.3, 0.4) is 0 Å². The van der Waals surface area contributed by atoms with E-state index in [-0.39, 0.29) is 11.7 Å². The predicted octanol–water partition coefficient (Wildman–Crippen LogP) is 4.30. The van der Waals surface area contributed by atoms with Crippen LogP contribution in [-0.4, -0.2) is 36.4 Å². The Morgan fingerprint density at radius 1 is 1.21 bits per heavy atom. The van der Waals surface area contributed by atoms with Crippen LogP contribution in [0.25, 0.3) is 0 Å². The molecule has 0 amide bonds. The number of hydrazone groups is 1. The van der Waals surface area contributed by atoms with Gasteiger partial charge in [-0.3, -0.25) is 5.01 Å². The molecule has 4 nitrogen and oxygen atoms in total. The van der Waals surface area contributed by atoms with Gasteiger partial charge in [-0.05, 0) is 50.1 Å². The fourth-order valence-corrected chi connectivity index (χ4v) is 4.72. The number of nitrogens with zero attached hydrogens (tertiary/aromatic N) is 2. The summed E-state index contributed by atoms with van der Waals surface area (Å²) in [5.41, 5.74) is 7.03. The van der Waals surface area contributed by atoms with Gasteiger partial charge in [-0.2, -0.15) is 5.10 Å². The van der Waals surface area contributed by atoms with Crippen LogP contribution in [0, 0.1) is 11.6 Å². The van der Waals surface area contributed by atoms with E-state index in [1.165, 1.54) is 17.8 Å². The third kappa shape index (κ3) is 4.21. The molecule has 3 rings (SSSR count). The van der Waals surface area contributed by atoms with Crippen molar-refractivity contribution in [2.75, 3.05) is 20.2 Å². The van der Waals surface area contributed by atoms with Crippen LogP contribution in [0.1, 0.15) is 30.9 Å². The Morgan fingerprint density at radius 3 is 2.64 bits per heavy atom. The van der Waals surface area contributed by atoms with Crippen molar-refractivity contribution in [3.63, 3.8) is 0 Å². The van der Waals surface area contributed by atoms with E-state index in [2.05, 4.69) is 0 Å². The van der Waals surface area contributed by atoms with Crippen molar-refractivity contribution in [1.29, 1.82) is 0 Å². The molecule has 2 aromatic rings. The van der Waals surface area contributed by atoms with Gasteiger partial charge in [0.05, 0.1) is 12.6 Å². The van der Waals surface area contributed by atoms with E-state index in [1.807, 2.05) is 42.3 Å². The minimum Gasteiger partial charge on any atom is -0.380 e. The summed E-state index contributed by atoms with van der Waals surface area (Å²) < 4.78 is 33.7. The van der Waals surface area contributed by atoms with Gasteiger partial charge in [-0.15, -0.1) is 0 Å². The fourth-order valence-electron chi connectivity index (χ4n) is 3.27. The highest BCUT2D eigenvalue weighted by Crippen LogP contribution is 2.50. The summed E-state index contributed by atoms with van der Waals surface area (Å²) in [6.45, 7) is 3.01. The fraction of sp³-hybridized carbons (Fsp3) is 0.381. The highest BCUT2D eigenvalue weighted by atomic mass is 32.2. The monoisotopic (exact) mass is 405 g/mol. The zero-order valence-electron chi connectivity index (χ0n) is 16.1. The van der Waals surface area contributed by atoms with E-state index < -0.39 is 16.5 Å². The van der Waals surface area contributed by atoms with Gasteiger partial charge in [0.1, 0.15) is 21.5 Å². The Balaban J connectivity index is 2.08. The average Bonchev–Trinajstić information content (AvgIpc) is 3.07. The topological polar surface area (TPSA) is 50.8 Å². The van der Waals surface area contributed by atoms with Crippen LogP contribution >= 0.6 is 11.8 Å². The van der Waals surface area contributed by atoms with Crippen molar-refractivity contribution in [2.24, 2.45) is 10.8 Å². The van der Waals surface area contributed by atoms with Gasteiger partial charge in [0.25, 0.3) is 0 Å². The molecule has 2 N–H and O–H groups in total. The summed E-state index contributed by atoms with van der Waals surface area (Å²) in [6.07, 6.45) is 1.41. The lowest BCUT2D eigenvalue weighted by Gasteiger charge is -2.38. The summed E-state index contributed by atoms with van der Waals surface area (Å²) in [5.74, 6) is -0.981. The maximum Gasteiger partial charge on any atom is 0.134 e. The average molecular weight is 406 g/mol. The Bertz CT molecular complexity index is 834. The summed E-state index contributed by atoms with van der Waals surface area (Å²) >= 11 is 1.45. The Hall–Kier alpha value is -1.96. The van der Waals surface area contributed by atoms with Crippen molar-refractivity contribution in [1.82, 2.24) is 5.01 Å². The molecule has 0 spiro atoms. The van der Waals surface area contributed by atoms with Crippen LogP contribution in [0.5, 0.6) is 0 Å². The van der Waals surface area contributed by atoms with Gasteiger partial charge in [0.15, 0.2) is 0 Å². The van der Waals surface area contributed by atoms with Crippen LogP contribution in [0.2, 0.25) is 0 Å². The minimum atomic E-state index is -0.554. The molecule has 0 aliphatic carbocycles. The molecule has 0 fully saturated rings. The van der Waals surface area contributed by atoms with E-state index in [9.17, 15) is 8.78 Å². The molecule has 1 aliphatic heterocycles. The molecule has 0 aromatic heterocycles. The Labute approximate surface area is 168 Å². The van der Waals surface area contributed by atoms with Crippen molar-refractivity contribution >= 4 is 16.8 Å². The van der Waals surface area contributed by atoms with Gasteiger partial charge < -0.3 is 10.5 Å². The first-order valence-corrected chi connectivity index (χ1v) is 10.1. The summed E-state index contributed by atoms with van der Waals surface area (Å²) in [5, 5.41) is 7.12. The number of thioether (sulfide) groups is 1. The van der Waals surface area contributed by atoms with Crippen molar-refractivity contribution in [2.45, 2.75) is 30.7 Å². The first-order valence-electron chi connectivity index (χ1n) is 9.29. The number of rotatable bonds is 8. The molecule has 0 bridgehead atoms. The molecule has 2 atom stereocenters. The smallest absolute Gasteiger partial charge is 0.134 e. The Morgan fingerprint density at radius 2 is 1.96 bits per heavy atom. The Kier molecular flexibility index (Phi) is 6.69. The normalized spacial score (nSPS) is 20.3. The minimum absolute atomic E-state index is 0.0815. The number of hydrogen-bond donors (Lipinski definition) is 1. The zero-order chi connectivity index (χ0) is 20.1. The van der Waals surface area contributed by atoms with Gasteiger partial charge in [0.2, 0.25) is 0 Å². The molecule has 0 unspecified atom stereocenters. The number of nitrogens with two attached hydrogens (primary N) is 1. The lowest BCUT2D eigenvalue weighted by atomic mass is 10.00. The lowest BCUT2D eigenvalue weighted by molar-refractivity contribution is 0.0512. The van der Waals surface area contributed by atoms with Gasteiger partial charge in [-0.1, -0.05) is 42.1 Å². The quantitative estimate of drug-likeness (QED) is 0.711. The van der Waals surface area contributed by atoms with Crippen molar-refractivity contribution < 1.29 is 13.5 Å². The zero-order valence-corrected chi connectivity index (χ0v) is 16.9. The molecule has 7 heteroatoms. The van der Waals surface area contributed by atoms with E-state index in [0.29, 0.717) is 18.1 Å². The standard InChI is InChI=1S/C21H25F2N3OS/c1-15(27-2)14-26-21(11-6-12-24,16-7-4-3-5-8-16)28-20(25-26)18-13-17(22)9-10-19(18)23/h3-5,7-10,13,15H,6,11-12,14,24H2,1-2H3/t15-,21+/m1/s1. The maximum absolute atomic E-state index is 14.5.